The Morgan fingerprint density at radius 2 is 1.81 bits per heavy atom. The van der Waals surface area contributed by atoms with Crippen molar-refractivity contribution in [1.82, 2.24) is 19.8 Å². The van der Waals surface area contributed by atoms with Crippen LogP contribution in [0.3, 0.4) is 0 Å². The Bertz CT molecular complexity index is 685. The Morgan fingerprint density at radius 1 is 1.12 bits per heavy atom. The van der Waals surface area contributed by atoms with Gasteiger partial charge in [-0.25, -0.2) is 9.97 Å². The molecule has 3 rings (SSSR count). The first kappa shape index (κ1) is 18.1. The van der Waals surface area contributed by atoms with Gasteiger partial charge < -0.3 is 15.0 Å². The lowest BCUT2D eigenvalue weighted by atomic mass is 10.2. The van der Waals surface area contributed by atoms with Crippen LogP contribution in [0.2, 0.25) is 0 Å². The first-order valence-electron chi connectivity index (χ1n) is 9.01. The van der Waals surface area contributed by atoms with Crippen LogP contribution in [0.1, 0.15) is 17.3 Å². The van der Waals surface area contributed by atoms with E-state index in [9.17, 15) is 4.79 Å². The van der Waals surface area contributed by atoms with Gasteiger partial charge in [0.1, 0.15) is 12.4 Å². The van der Waals surface area contributed by atoms with E-state index in [-0.39, 0.29) is 5.91 Å². The first-order valence-corrected chi connectivity index (χ1v) is 9.01. The molecule has 7 nitrogen and oxygen atoms in total. The van der Waals surface area contributed by atoms with E-state index in [0.29, 0.717) is 31.2 Å². The summed E-state index contributed by atoms with van der Waals surface area (Å²) in [6.45, 7) is 7.35. The van der Waals surface area contributed by atoms with E-state index in [1.165, 1.54) is 0 Å². The number of para-hydroxylation sites is 1. The molecule has 1 aliphatic heterocycles. The van der Waals surface area contributed by atoms with Crippen molar-refractivity contribution in [2.24, 2.45) is 0 Å². The molecule has 0 saturated carbocycles. The predicted octanol–water partition coefficient (Wildman–Crippen LogP) is 1.75. The van der Waals surface area contributed by atoms with Gasteiger partial charge in [0.05, 0.1) is 5.56 Å². The molecule has 7 heteroatoms. The van der Waals surface area contributed by atoms with Crippen LogP contribution in [0.15, 0.2) is 42.7 Å². The molecule has 1 amide bonds. The highest BCUT2D eigenvalue weighted by Crippen LogP contribution is 2.10. The van der Waals surface area contributed by atoms with Crippen LogP contribution in [0.4, 0.5) is 5.95 Å². The number of piperazine rings is 1. The second-order valence-electron chi connectivity index (χ2n) is 6.12. The van der Waals surface area contributed by atoms with Crippen LogP contribution in [0.5, 0.6) is 5.75 Å². The molecule has 1 aliphatic rings. The van der Waals surface area contributed by atoms with E-state index < -0.39 is 0 Å². The normalized spacial score (nSPS) is 14.9. The van der Waals surface area contributed by atoms with Gasteiger partial charge in [0.25, 0.3) is 5.91 Å². The lowest BCUT2D eigenvalue weighted by Crippen LogP contribution is -2.49. The standard InChI is InChI=1S/C19H25N5O2/c1-2-20-19-21-14-16(15-22-19)18(25)24-10-8-23(9-11-24)12-13-26-17-6-4-3-5-7-17/h3-7,14-15H,2,8-13H2,1H3,(H,20,21,22). The maximum absolute atomic E-state index is 12.6. The van der Waals surface area contributed by atoms with Crippen LogP contribution in [-0.4, -0.2) is 71.6 Å². The third-order valence-corrected chi connectivity index (χ3v) is 4.31. The quantitative estimate of drug-likeness (QED) is 0.816. The molecule has 0 unspecified atom stereocenters. The van der Waals surface area contributed by atoms with Crippen molar-refractivity contribution >= 4 is 11.9 Å². The fraction of sp³-hybridized carbons (Fsp3) is 0.421. The molecule has 1 saturated heterocycles. The number of carbonyl (C=O) groups excluding carboxylic acids is 1. The Morgan fingerprint density at radius 3 is 2.46 bits per heavy atom. The van der Waals surface area contributed by atoms with E-state index in [4.69, 9.17) is 4.74 Å². The molecule has 1 N–H and O–H groups in total. The van der Waals surface area contributed by atoms with Gasteiger partial charge in [0.15, 0.2) is 0 Å². The van der Waals surface area contributed by atoms with Gasteiger partial charge in [0.2, 0.25) is 5.95 Å². The van der Waals surface area contributed by atoms with E-state index in [2.05, 4.69) is 20.2 Å². The van der Waals surface area contributed by atoms with Crippen LogP contribution in [-0.2, 0) is 0 Å². The molecule has 2 aromatic rings. The van der Waals surface area contributed by atoms with Crippen molar-refractivity contribution in [3.05, 3.63) is 48.3 Å². The molecule has 26 heavy (non-hydrogen) atoms. The average molecular weight is 355 g/mol. The summed E-state index contributed by atoms with van der Waals surface area (Å²) in [6, 6.07) is 9.82. The molecule has 0 spiro atoms. The number of hydrogen-bond donors (Lipinski definition) is 1. The van der Waals surface area contributed by atoms with Gasteiger partial charge >= 0.3 is 0 Å². The minimum atomic E-state index is -0.00626. The number of rotatable bonds is 7. The van der Waals surface area contributed by atoms with Crippen LogP contribution >= 0.6 is 0 Å². The third kappa shape index (κ3) is 4.92. The summed E-state index contributed by atoms with van der Waals surface area (Å²) < 4.78 is 5.74. The zero-order chi connectivity index (χ0) is 18.2. The second kappa shape index (κ2) is 9.15. The van der Waals surface area contributed by atoms with Crippen LogP contribution in [0.25, 0.3) is 0 Å². The van der Waals surface area contributed by atoms with Crippen molar-refractivity contribution in [3.8, 4) is 5.75 Å². The summed E-state index contributed by atoms with van der Waals surface area (Å²) in [7, 11) is 0. The first-order chi connectivity index (χ1) is 12.8. The monoisotopic (exact) mass is 355 g/mol. The number of hydrogen-bond acceptors (Lipinski definition) is 6. The summed E-state index contributed by atoms with van der Waals surface area (Å²) in [4.78, 5) is 25.1. The number of benzene rings is 1. The number of anilines is 1. The molecule has 0 aliphatic carbocycles. The molecule has 138 valence electrons. The number of amides is 1. The summed E-state index contributed by atoms with van der Waals surface area (Å²) >= 11 is 0. The smallest absolute Gasteiger partial charge is 0.257 e. The van der Waals surface area contributed by atoms with Crippen molar-refractivity contribution in [2.45, 2.75) is 6.92 Å². The topological polar surface area (TPSA) is 70.6 Å². The molecule has 1 aromatic carbocycles. The summed E-state index contributed by atoms with van der Waals surface area (Å²) in [6.07, 6.45) is 3.18. The second-order valence-corrected chi connectivity index (χ2v) is 6.12. The summed E-state index contributed by atoms with van der Waals surface area (Å²) in [5.41, 5.74) is 0.535. The van der Waals surface area contributed by atoms with E-state index in [0.717, 1.165) is 31.9 Å². The van der Waals surface area contributed by atoms with E-state index in [1.54, 1.807) is 12.4 Å². The van der Waals surface area contributed by atoms with Crippen molar-refractivity contribution in [2.75, 3.05) is 51.2 Å². The highest BCUT2D eigenvalue weighted by molar-refractivity contribution is 5.93. The molecular weight excluding hydrogens is 330 g/mol. The molecular formula is C19H25N5O2. The third-order valence-electron chi connectivity index (χ3n) is 4.31. The van der Waals surface area contributed by atoms with Crippen molar-refractivity contribution in [1.29, 1.82) is 0 Å². The minimum absolute atomic E-state index is 0.00626. The number of nitrogens with one attached hydrogen (secondary N) is 1. The van der Waals surface area contributed by atoms with Gasteiger partial charge in [0, 0.05) is 51.7 Å². The molecule has 2 heterocycles. The highest BCUT2D eigenvalue weighted by Gasteiger charge is 2.22. The van der Waals surface area contributed by atoms with Crippen LogP contribution < -0.4 is 10.1 Å². The predicted molar refractivity (Wildman–Crippen MR) is 100 cm³/mol. The largest absolute Gasteiger partial charge is 0.492 e. The fourth-order valence-corrected chi connectivity index (χ4v) is 2.85. The number of aromatic nitrogens is 2. The van der Waals surface area contributed by atoms with Crippen molar-refractivity contribution < 1.29 is 9.53 Å². The summed E-state index contributed by atoms with van der Waals surface area (Å²) in [5, 5.41) is 3.02. The van der Waals surface area contributed by atoms with Crippen molar-refractivity contribution in [3.63, 3.8) is 0 Å². The van der Waals surface area contributed by atoms with Gasteiger partial charge in [-0.1, -0.05) is 18.2 Å². The molecule has 0 bridgehead atoms. The Labute approximate surface area is 154 Å². The zero-order valence-electron chi connectivity index (χ0n) is 15.1. The lowest BCUT2D eigenvalue weighted by molar-refractivity contribution is 0.0619. The molecule has 0 atom stereocenters. The Balaban J connectivity index is 1.42. The SMILES string of the molecule is CCNc1ncc(C(=O)N2CCN(CCOc3ccccc3)CC2)cn1. The maximum atomic E-state index is 12.6. The Kier molecular flexibility index (Phi) is 6.38. The molecule has 0 radical (unpaired) electrons. The fourth-order valence-electron chi connectivity index (χ4n) is 2.85. The summed E-state index contributed by atoms with van der Waals surface area (Å²) in [5.74, 6) is 1.43. The Hall–Kier alpha value is -2.67. The zero-order valence-corrected chi connectivity index (χ0v) is 15.1. The molecule has 1 fully saturated rings. The maximum Gasteiger partial charge on any atom is 0.257 e. The molecule has 1 aromatic heterocycles. The minimum Gasteiger partial charge on any atom is -0.492 e. The highest BCUT2D eigenvalue weighted by atomic mass is 16.5. The number of nitrogens with zero attached hydrogens (tertiary/aromatic N) is 4. The van der Waals surface area contributed by atoms with Gasteiger partial charge in [-0.3, -0.25) is 9.69 Å². The lowest BCUT2D eigenvalue weighted by Gasteiger charge is -2.34. The van der Waals surface area contributed by atoms with Gasteiger partial charge in [-0.15, -0.1) is 0 Å². The average Bonchev–Trinajstić information content (AvgIpc) is 2.70. The number of carbonyl (C=O) groups is 1. The van der Waals surface area contributed by atoms with E-state index >= 15 is 0 Å². The van der Waals surface area contributed by atoms with Gasteiger partial charge in [-0.2, -0.15) is 0 Å². The van der Waals surface area contributed by atoms with E-state index in [1.807, 2.05) is 42.2 Å². The van der Waals surface area contributed by atoms with Gasteiger partial charge in [-0.05, 0) is 19.1 Å². The van der Waals surface area contributed by atoms with Crippen LogP contribution in [0, 0.1) is 0 Å². The number of ether oxygens (including phenoxy) is 1.